The van der Waals surface area contributed by atoms with E-state index in [1.165, 1.54) is 17.4 Å². The fourth-order valence-corrected chi connectivity index (χ4v) is 2.94. The summed E-state index contributed by atoms with van der Waals surface area (Å²) in [7, 11) is 0. The van der Waals surface area contributed by atoms with E-state index in [-0.39, 0.29) is 5.57 Å². The van der Waals surface area contributed by atoms with Crippen molar-refractivity contribution >= 4 is 40.9 Å². The molecular formula is C17H14N2O4S. The third-order valence-corrected chi connectivity index (χ3v) is 4.06. The molecule has 2 aromatic rings. The van der Waals surface area contributed by atoms with Crippen molar-refractivity contribution in [2.24, 2.45) is 0 Å². The predicted molar refractivity (Wildman–Crippen MR) is 90.9 cm³/mol. The molecule has 0 spiro atoms. The van der Waals surface area contributed by atoms with Crippen LogP contribution in [0.4, 0.5) is 10.5 Å². The first-order valence-corrected chi connectivity index (χ1v) is 8.21. The van der Waals surface area contributed by atoms with Gasteiger partial charge in [0.15, 0.2) is 0 Å². The molecule has 3 rings (SSSR count). The largest absolute Gasteiger partial charge is 0.492 e. The minimum atomic E-state index is -0.792. The lowest BCUT2D eigenvalue weighted by atomic mass is 10.1. The smallest absolute Gasteiger partial charge is 0.336 e. The van der Waals surface area contributed by atoms with E-state index in [0.29, 0.717) is 18.0 Å². The maximum atomic E-state index is 12.8. The molecule has 4 amide bonds. The molecule has 0 aliphatic carbocycles. The van der Waals surface area contributed by atoms with Gasteiger partial charge in [0.05, 0.1) is 12.3 Å². The Hall–Kier alpha value is -2.93. The first kappa shape index (κ1) is 15.9. The number of nitrogens with one attached hydrogen (secondary N) is 1. The van der Waals surface area contributed by atoms with Gasteiger partial charge < -0.3 is 4.74 Å². The summed E-state index contributed by atoms with van der Waals surface area (Å²) in [5, 5.41) is 5.84. The van der Waals surface area contributed by atoms with Crippen LogP contribution in [-0.4, -0.2) is 24.5 Å². The van der Waals surface area contributed by atoms with Gasteiger partial charge in [0.2, 0.25) is 0 Å². The number of amides is 4. The third kappa shape index (κ3) is 2.93. The Bertz CT molecular complexity index is 827. The summed E-state index contributed by atoms with van der Waals surface area (Å²) in [6.07, 6.45) is 1.47. The highest BCUT2D eigenvalue weighted by Crippen LogP contribution is 2.31. The van der Waals surface area contributed by atoms with Crippen LogP contribution in [0.2, 0.25) is 0 Å². The molecule has 2 heterocycles. The zero-order valence-electron chi connectivity index (χ0n) is 12.8. The van der Waals surface area contributed by atoms with E-state index in [0.717, 1.165) is 10.5 Å². The van der Waals surface area contributed by atoms with E-state index in [2.05, 4.69) is 5.32 Å². The number of rotatable bonds is 4. The molecule has 1 aliphatic rings. The highest BCUT2D eigenvalue weighted by Gasteiger charge is 2.38. The summed E-state index contributed by atoms with van der Waals surface area (Å²) in [5.41, 5.74) is 0.927. The summed E-state index contributed by atoms with van der Waals surface area (Å²) in [4.78, 5) is 37.9. The van der Waals surface area contributed by atoms with Crippen molar-refractivity contribution in [2.75, 3.05) is 11.5 Å². The maximum absolute atomic E-state index is 12.8. The second-order valence-electron chi connectivity index (χ2n) is 4.92. The van der Waals surface area contributed by atoms with E-state index in [1.807, 2.05) is 10.8 Å². The highest BCUT2D eigenvalue weighted by atomic mass is 32.1. The summed E-state index contributed by atoms with van der Waals surface area (Å²) in [6, 6.07) is 7.69. The number of carbonyl (C=O) groups is 3. The quantitative estimate of drug-likeness (QED) is 0.685. The molecule has 1 aromatic carbocycles. The summed E-state index contributed by atoms with van der Waals surface area (Å²) in [5.74, 6) is -0.990. The maximum Gasteiger partial charge on any atom is 0.336 e. The monoisotopic (exact) mass is 342 g/mol. The fraction of sp³-hybridized carbons (Fsp3) is 0.118. The standard InChI is InChI=1S/C17H14N2O4S/c1-2-23-14-6-4-3-5-13(14)19-16(21)12(15(20)18-17(19)22)9-11-7-8-24-10-11/h3-10H,2H2,1H3,(H,18,20,22)/b12-9+. The number of hydrogen-bond acceptors (Lipinski definition) is 5. The van der Waals surface area contributed by atoms with Gasteiger partial charge in [0.1, 0.15) is 11.3 Å². The topological polar surface area (TPSA) is 75.7 Å². The van der Waals surface area contributed by atoms with Crippen molar-refractivity contribution in [3.63, 3.8) is 0 Å². The molecule has 24 heavy (non-hydrogen) atoms. The number of urea groups is 1. The number of benzene rings is 1. The van der Waals surface area contributed by atoms with E-state index in [4.69, 9.17) is 4.74 Å². The highest BCUT2D eigenvalue weighted by molar-refractivity contribution is 7.08. The van der Waals surface area contributed by atoms with Crippen molar-refractivity contribution in [3.8, 4) is 5.75 Å². The third-order valence-electron chi connectivity index (χ3n) is 3.36. The summed E-state index contributed by atoms with van der Waals surface area (Å²) in [6.45, 7) is 2.19. The first-order valence-electron chi connectivity index (χ1n) is 7.27. The van der Waals surface area contributed by atoms with Crippen LogP contribution in [0.5, 0.6) is 5.75 Å². The first-order chi connectivity index (χ1) is 11.6. The number of hydrogen-bond donors (Lipinski definition) is 1. The van der Waals surface area contributed by atoms with Gasteiger partial charge >= 0.3 is 6.03 Å². The SMILES string of the molecule is CCOc1ccccc1N1C(=O)NC(=O)/C(=C\c2ccsc2)C1=O. The molecule has 0 radical (unpaired) electrons. The van der Waals surface area contributed by atoms with E-state index in [1.54, 1.807) is 37.3 Å². The molecule has 0 saturated carbocycles. The zero-order chi connectivity index (χ0) is 17.1. The lowest BCUT2D eigenvalue weighted by Crippen LogP contribution is -2.54. The summed E-state index contributed by atoms with van der Waals surface area (Å²) < 4.78 is 5.48. The number of thiophene rings is 1. The Labute approximate surface area is 142 Å². The Morgan fingerprint density at radius 3 is 2.71 bits per heavy atom. The number of barbiturate groups is 1. The van der Waals surface area contributed by atoms with Gasteiger partial charge in [-0.15, -0.1) is 0 Å². The van der Waals surface area contributed by atoms with E-state index >= 15 is 0 Å². The Morgan fingerprint density at radius 2 is 2.00 bits per heavy atom. The van der Waals surface area contributed by atoms with Crippen LogP contribution in [0.3, 0.4) is 0 Å². The molecular weight excluding hydrogens is 328 g/mol. The van der Waals surface area contributed by atoms with Crippen LogP contribution >= 0.6 is 11.3 Å². The average Bonchev–Trinajstić information content (AvgIpc) is 3.06. The van der Waals surface area contributed by atoms with Crippen LogP contribution in [0.1, 0.15) is 12.5 Å². The molecule has 0 unspecified atom stereocenters. The van der Waals surface area contributed by atoms with Crippen molar-refractivity contribution in [3.05, 3.63) is 52.2 Å². The van der Waals surface area contributed by atoms with Gasteiger partial charge in [0, 0.05) is 0 Å². The number of ether oxygens (including phenoxy) is 1. The molecule has 7 heteroatoms. The van der Waals surface area contributed by atoms with Crippen LogP contribution < -0.4 is 15.0 Å². The van der Waals surface area contributed by atoms with Gasteiger partial charge in [-0.2, -0.15) is 11.3 Å². The zero-order valence-corrected chi connectivity index (χ0v) is 13.6. The number of anilines is 1. The van der Waals surface area contributed by atoms with Crippen LogP contribution in [0.15, 0.2) is 46.7 Å². The molecule has 122 valence electrons. The number of imide groups is 2. The van der Waals surface area contributed by atoms with Gasteiger partial charge in [-0.3, -0.25) is 14.9 Å². The van der Waals surface area contributed by atoms with Crippen LogP contribution in [0.25, 0.3) is 6.08 Å². The molecule has 6 nitrogen and oxygen atoms in total. The Morgan fingerprint density at radius 1 is 1.21 bits per heavy atom. The van der Waals surface area contributed by atoms with Crippen LogP contribution in [0, 0.1) is 0 Å². The van der Waals surface area contributed by atoms with E-state index in [9.17, 15) is 14.4 Å². The second-order valence-corrected chi connectivity index (χ2v) is 5.70. The lowest BCUT2D eigenvalue weighted by Gasteiger charge is -2.27. The molecule has 1 aromatic heterocycles. The van der Waals surface area contributed by atoms with Gasteiger partial charge in [-0.25, -0.2) is 9.69 Å². The Kier molecular flexibility index (Phi) is 4.43. The number of para-hydroxylation sites is 2. The lowest BCUT2D eigenvalue weighted by molar-refractivity contribution is -0.122. The van der Waals surface area contributed by atoms with Crippen molar-refractivity contribution in [1.82, 2.24) is 5.32 Å². The fourth-order valence-electron chi connectivity index (χ4n) is 2.32. The van der Waals surface area contributed by atoms with Gasteiger partial charge in [-0.05, 0) is 47.5 Å². The predicted octanol–water partition coefficient (Wildman–Crippen LogP) is 2.81. The van der Waals surface area contributed by atoms with Gasteiger partial charge in [0.25, 0.3) is 11.8 Å². The minimum Gasteiger partial charge on any atom is -0.492 e. The summed E-state index contributed by atoms with van der Waals surface area (Å²) >= 11 is 1.45. The molecule has 0 bridgehead atoms. The van der Waals surface area contributed by atoms with Crippen molar-refractivity contribution in [1.29, 1.82) is 0 Å². The van der Waals surface area contributed by atoms with Crippen LogP contribution in [-0.2, 0) is 9.59 Å². The average molecular weight is 342 g/mol. The second kappa shape index (κ2) is 6.67. The molecule has 1 N–H and O–H groups in total. The normalized spacial score (nSPS) is 16.5. The number of carbonyl (C=O) groups excluding carboxylic acids is 3. The van der Waals surface area contributed by atoms with Crippen molar-refractivity contribution < 1.29 is 19.1 Å². The minimum absolute atomic E-state index is 0.0979. The van der Waals surface area contributed by atoms with Gasteiger partial charge in [-0.1, -0.05) is 12.1 Å². The number of nitrogens with zero attached hydrogens (tertiary/aromatic N) is 1. The van der Waals surface area contributed by atoms with Crippen molar-refractivity contribution in [2.45, 2.75) is 6.92 Å². The molecule has 1 fully saturated rings. The molecule has 1 aliphatic heterocycles. The molecule has 1 saturated heterocycles. The molecule has 0 atom stereocenters. The van der Waals surface area contributed by atoms with E-state index < -0.39 is 17.8 Å². The Balaban J connectivity index is 2.03.